The molecule has 2 aliphatic carbocycles. The fourth-order valence-electron chi connectivity index (χ4n) is 3.39. The Morgan fingerprint density at radius 1 is 1.20 bits per heavy atom. The lowest BCUT2D eigenvalue weighted by Crippen LogP contribution is -2.16. The van der Waals surface area contributed by atoms with Crippen LogP contribution >= 0.6 is 11.6 Å². The number of nitrogens with one attached hydrogen (secondary N) is 1. The fraction of sp³-hybridized carbons (Fsp3) is 0.471. The summed E-state index contributed by atoms with van der Waals surface area (Å²) in [6, 6.07) is 5.65. The van der Waals surface area contributed by atoms with Crippen LogP contribution in [0.15, 0.2) is 30.4 Å². The van der Waals surface area contributed by atoms with Crippen molar-refractivity contribution in [1.29, 1.82) is 0 Å². The van der Waals surface area contributed by atoms with Gasteiger partial charge in [0.2, 0.25) is 5.91 Å². The Hall–Kier alpha value is -1.28. The largest absolute Gasteiger partial charge is 0.326 e. The fourth-order valence-corrected chi connectivity index (χ4v) is 3.57. The van der Waals surface area contributed by atoms with Gasteiger partial charge in [0.15, 0.2) is 0 Å². The number of amides is 1. The molecule has 0 aromatic heterocycles. The van der Waals surface area contributed by atoms with E-state index in [1.807, 2.05) is 25.1 Å². The Bertz CT molecular complexity index is 536. The zero-order valence-corrected chi connectivity index (χ0v) is 12.5. The predicted octanol–water partition coefficient (Wildman–Crippen LogP) is 4.58. The first-order valence-corrected chi connectivity index (χ1v) is 7.77. The maximum absolute atomic E-state index is 12.5. The van der Waals surface area contributed by atoms with Gasteiger partial charge in [-0.2, -0.15) is 0 Å². The zero-order valence-electron chi connectivity index (χ0n) is 11.7. The summed E-state index contributed by atoms with van der Waals surface area (Å²) in [4.78, 5) is 12.5. The van der Waals surface area contributed by atoms with E-state index in [0.717, 1.165) is 36.9 Å². The van der Waals surface area contributed by atoms with Gasteiger partial charge in [-0.1, -0.05) is 29.8 Å². The van der Waals surface area contributed by atoms with Crippen LogP contribution < -0.4 is 5.32 Å². The number of benzene rings is 1. The molecule has 2 nitrogen and oxygen atoms in total. The molecule has 0 saturated heterocycles. The number of hydrogen-bond donors (Lipinski definition) is 1. The first-order chi connectivity index (χ1) is 9.68. The van der Waals surface area contributed by atoms with Gasteiger partial charge in [-0.3, -0.25) is 4.79 Å². The molecular formula is C17H20ClNO. The van der Waals surface area contributed by atoms with Crippen molar-refractivity contribution in [3.05, 3.63) is 40.9 Å². The summed E-state index contributed by atoms with van der Waals surface area (Å²) in [5.41, 5.74) is 1.79. The molecule has 106 valence electrons. The third-order valence-electron chi connectivity index (χ3n) is 4.66. The van der Waals surface area contributed by atoms with Crippen molar-refractivity contribution in [3.8, 4) is 0 Å². The number of halogens is 1. The van der Waals surface area contributed by atoms with E-state index in [-0.39, 0.29) is 11.8 Å². The first kappa shape index (κ1) is 13.7. The van der Waals surface area contributed by atoms with Crippen molar-refractivity contribution in [2.24, 2.45) is 17.8 Å². The summed E-state index contributed by atoms with van der Waals surface area (Å²) < 4.78 is 0. The second-order valence-corrected chi connectivity index (χ2v) is 6.29. The van der Waals surface area contributed by atoms with Crippen molar-refractivity contribution in [1.82, 2.24) is 0 Å². The minimum Gasteiger partial charge on any atom is -0.326 e. The Morgan fingerprint density at radius 2 is 1.85 bits per heavy atom. The van der Waals surface area contributed by atoms with E-state index in [1.54, 1.807) is 0 Å². The smallest absolute Gasteiger partial charge is 0.228 e. The van der Waals surface area contributed by atoms with E-state index in [1.165, 1.54) is 0 Å². The van der Waals surface area contributed by atoms with Crippen LogP contribution in [0.5, 0.6) is 0 Å². The molecule has 0 spiro atoms. The summed E-state index contributed by atoms with van der Waals surface area (Å²) in [5, 5.41) is 3.77. The van der Waals surface area contributed by atoms with Gasteiger partial charge in [0.1, 0.15) is 0 Å². The van der Waals surface area contributed by atoms with Crippen LogP contribution in [-0.2, 0) is 4.79 Å². The first-order valence-electron chi connectivity index (χ1n) is 7.39. The minimum atomic E-state index is 0.173. The molecule has 0 aliphatic heterocycles. The third kappa shape index (κ3) is 2.62. The number of carbonyl (C=O) groups is 1. The van der Waals surface area contributed by atoms with Crippen LogP contribution in [0.2, 0.25) is 5.02 Å². The Labute approximate surface area is 125 Å². The van der Waals surface area contributed by atoms with Gasteiger partial charge in [0.25, 0.3) is 0 Å². The number of rotatable bonds is 2. The predicted molar refractivity (Wildman–Crippen MR) is 82.9 cm³/mol. The number of allylic oxidation sites excluding steroid dienone is 2. The highest BCUT2D eigenvalue weighted by Crippen LogP contribution is 2.53. The standard InChI is InChI=1S/C17H20ClNO/c1-11-14(18)9-6-10-15(11)19-17(20)16-12-7-4-2-3-5-8-13(12)16/h2-3,6,9-10,12-13,16H,4-5,7-8H2,1H3,(H,19,20)/b3-2-/t12-,13-/m0/s1. The maximum Gasteiger partial charge on any atom is 0.228 e. The highest BCUT2D eigenvalue weighted by atomic mass is 35.5. The molecule has 3 rings (SSSR count). The second-order valence-electron chi connectivity index (χ2n) is 5.88. The van der Waals surface area contributed by atoms with Crippen LogP contribution in [-0.4, -0.2) is 5.91 Å². The normalized spacial score (nSPS) is 29.8. The molecule has 1 fully saturated rings. The van der Waals surface area contributed by atoms with Crippen molar-refractivity contribution in [2.75, 3.05) is 5.32 Å². The lowest BCUT2D eigenvalue weighted by atomic mass is 10.1. The zero-order chi connectivity index (χ0) is 14.1. The van der Waals surface area contributed by atoms with E-state index in [4.69, 9.17) is 11.6 Å². The topological polar surface area (TPSA) is 29.1 Å². The van der Waals surface area contributed by atoms with Crippen LogP contribution in [0.1, 0.15) is 31.2 Å². The second kappa shape index (κ2) is 5.61. The molecule has 1 aromatic rings. The van der Waals surface area contributed by atoms with Gasteiger partial charge < -0.3 is 5.32 Å². The summed E-state index contributed by atoms with van der Waals surface area (Å²) in [6.45, 7) is 1.94. The van der Waals surface area contributed by atoms with Gasteiger partial charge in [-0.05, 0) is 62.1 Å². The molecule has 1 amide bonds. The minimum absolute atomic E-state index is 0.173. The van der Waals surface area contributed by atoms with Gasteiger partial charge in [-0.25, -0.2) is 0 Å². The Morgan fingerprint density at radius 3 is 2.50 bits per heavy atom. The van der Waals surface area contributed by atoms with Gasteiger partial charge in [0.05, 0.1) is 0 Å². The molecule has 2 aliphatic rings. The molecule has 0 heterocycles. The van der Waals surface area contributed by atoms with E-state index < -0.39 is 0 Å². The van der Waals surface area contributed by atoms with Gasteiger partial charge in [-0.15, -0.1) is 0 Å². The molecule has 3 heteroatoms. The van der Waals surface area contributed by atoms with E-state index in [0.29, 0.717) is 16.9 Å². The van der Waals surface area contributed by atoms with Crippen molar-refractivity contribution >= 4 is 23.2 Å². The Balaban J connectivity index is 1.67. The summed E-state index contributed by atoms with van der Waals surface area (Å²) in [7, 11) is 0. The van der Waals surface area contributed by atoms with Crippen LogP contribution in [0.25, 0.3) is 0 Å². The molecule has 0 unspecified atom stereocenters. The quantitative estimate of drug-likeness (QED) is 0.793. The van der Waals surface area contributed by atoms with Crippen LogP contribution in [0, 0.1) is 24.7 Å². The van der Waals surface area contributed by atoms with Crippen LogP contribution in [0.3, 0.4) is 0 Å². The summed E-state index contributed by atoms with van der Waals surface area (Å²) >= 11 is 6.10. The average Bonchev–Trinajstić information content (AvgIpc) is 3.06. The summed E-state index contributed by atoms with van der Waals surface area (Å²) in [5.74, 6) is 1.54. The van der Waals surface area contributed by atoms with E-state index in [9.17, 15) is 4.79 Å². The molecule has 1 N–H and O–H groups in total. The molecular weight excluding hydrogens is 270 g/mol. The number of anilines is 1. The lowest BCUT2D eigenvalue weighted by Gasteiger charge is -2.09. The van der Waals surface area contributed by atoms with Crippen LogP contribution in [0.4, 0.5) is 5.69 Å². The van der Waals surface area contributed by atoms with Crippen molar-refractivity contribution < 1.29 is 4.79 Å². The maximum atomic E-state index is 12.5. The molecule has 1 saturated carbocycles. The number of hydrogen-bond acceptors (Lipinski definition) is 1. The highest BCUT2D eigenvalue weighted by Gasteiger charge is 2.53. The molecule has 0 bridgehead atoms. The monoisotopic (exact) mass is 289 g/mol. The third-order valence-corrected chi connectivity index (χ3v) is 5.07. The molecule has 0 radical (unpaired) electrons. The van der Waals surface area contributed by atoms with Crippen molar-refractivity contribution in [3.63, 3.8) is 0 Å². The summed E-state index contributed by atoms with van der Waals surface area (Å²) in [6.07, 6.45) is 9.03. The highest BCUT2D eigenvalue weighted by molar-refractivity contribution is 6.31. The lowest BCUT2D eigenvalue weighted by molar-refractivity contribution is -0.117. The van der Waals surface area contributed by atoms with E-state index >= 15 is 0 Å². The average molecular weight is 290 g/mol. The molecule has 20 heavy (non-hydrogen) atoms. The molecule has 2 atom stereocenters. The molecule has 1 aromatic carbocycles. The van der Waals surface area contributed by atoms with Gasteiger partial charge in [0, 0.05) is 16.6 Å². The number of fused-ring (bicyclic) bond motifs is 1. The SMILES string of the molecule is Cc1c(Cl)cccc1NC(=O)C1[C@H]2CC/C=C\CC[C@H]12. The van der Waals surface area contributed by atoms with Crippen molar-refractivity contribution in [2.45, 2.75) is 32.6 Å². The van der Waals surface area contributed by atoms with E-state index in [2.05, 4.69) is 17.5 Å². The van der Waals surface area contributed by atoms with Gasteiger partial charge >= 0.3 is 0 Å². The Kier molecular flexibility index (Phi) is 3.84. The number of carbonyl (C=O) groups excluding carboxylic acids is 1.